The molecule has 0 bridgehead atoms. The number of aryl methyl sites for hydroxylation is 1. The second-order valence-corrected chi connectivity index (χ2v) is 30.6. The Morgan fingerprint density at radius 1 is 0.547 bits per heavy atom. The molecule has 5 heteroatoms. The van der Waals surface area contributed by atoms with Crippen LogP contribution in [0.3, 0.4) is 0 Å². The summed E-state index contributed by atoms with van der Waals surface area (Å²) in [4.78, 5) is 5.60. The normalized spacial score (nSPS) is 20.2. The topological polar surface area (TPSA) is 6.48 Å². The van der Waals surface area contributed by atoms with E-state index in [9.17, 15) is 0 Å². The highest BCUT2D eigenvalue weighted by Gasteiger charge is 2.50. The molecule has 5 aliphatic rings. The zero-order valence-corrected chi connectivity index (χ0v) is 45.2. The Morgan fingerprint density at radius 3 is 1.67 bits per heavy atom. The number of benzene rings is 5. The van der Waals surface area contributed by atoms with Crippen LogP contribution in [-0.4, -0.2) is 25.0 Å². The van der Waals surface area contributed by atoms with Crippen LogP contribution in [0.25, 0.3) is 5.47 Å². The SMILES string of the molecule is Cc1cc2c3c(c1)N(c1ccc4c(c1)C(C)(C)CCC4(C)C)c1cc4c(cc1B3C1=C([SiH2]c3ccc(C(C)(C)C)cc31)N2c1ccc(C(C)(C)C)cc1[SiH](C)C)C(C)(C)CCC4(C)C. The molecule has 0 aromatic heterocycles. The zero-order chi connectivity index (χ0) is 46.0. The van der Waals surface area contributed by atoms with Crippen molar-refractivity contribution in [1.82, 2.24) is 0 Å². The summed E-state index contributed by atoms with van der Waals surface area (Å²) < 4.78 is 0. The minimum Gasteiger partial charge on any atom is -0.320 e. The van der Waals surface area contributed by atoms with Crippen LogP contribution < -0.4 is 31.1 Å². The molecule has 3 aliphatic heterocycles. The smallest absolute Gasteiger partial charge is 0.251 e. The lowest BCUT2D eigenvalue weighted by atomic mass is 9.32. The van der Waals surface area contributed by atoms with Gasteiger partial charge in [0.25, 0.3) is 6.71 Å². The van der Waals surface area contributed by atoms with Gasteiger partial charge in [-0.3, -0.25) is 0 Å². The van der Waals surface area contributed by atoms with Gasteiger partial charge in [0, 0.05) is 33.8 Å². The summed E-state index contributed by atoms with van der Waals surface area (Å²) in [6.45, 7) is 41.8. The lowest BCUT2D eigenvalue weighted by Crippen LogP contribution is -2.56. The molecule has 332 valence electrons. The molecule has 0 saturated heterocycles. The van der Waals surface area contributed by atoms with Crippen molar-refractivity contribution in [3.05, 3.63) is 129 Å². The number of rotatable bonds is 3. The zero-order valence-electron chi connectivity index (χ0n) is 42.6. The highest BCUT2D eigenvalue weighted by Crippen LogP contribution is 2.54. The molecule has 2 aliphatic carbocycles. The van der Waals surface area contributed by atoms with E-state index in [-0.39, 0.29) is 39.2 Å². The number of fused-ring (bicyclic) bond motifs is 7. The maximum Gasteiger partial charge on any atom is 0.251 e. The van der Waals surface area contributed by atoms with Crippen molar-refractivity contribution in [2.45, 2.75) is 175 Å². The highest BCUT2D eigenvalue weighted by molar-refractivity contribution is 7.05. The first-order valence-electron chi connectivity index (χ1n) is 24.8. The Bertz CT molecular complexity index is 2840. The van der Waals surface area contributed by atoms with E-state index in [4.69, 9.17) is 0 Å². The van der Waals surface area contributed by atoms with Crippen molar-refractivity contribution in [1.29, 1.82) is 0 Å². The molecule has 0 fully saturated rings. The Labute approximate surface area is 391 Å². The quantitative estimate of drug-likeness (QED) is 0.167. The summed E-state index contributed by atoms with van der Waals surface area (Å²) in [6.07, 6.45) is 4.82. The van der Waals surface area contributed by atoms with Crippen LogP contribution in [0.5, 0.6) is 0 Å². The molecule has 0 saturated carbocycles. The fraction of sp³-hybridized carbons (Fsp3) is 0.458. The van der Waals surface area contributed by atoms with Crippen molar-refractivity contribution in [2.24, 2.45) is 0 Å². The molecule has 0 atom stereocenters. The molecule has 10 rings (SSSR count). The van der Waals surface area contributed by atoms with Crippen molar-refractivity contribution >= 4 is 80.2 Å². The van der Waals surface area contributed by atoms with Crippen molar-refractivity contribution in [3.8, 4) is 0 Å². The third kappa shape index (κ3) is 6.58. The lowest BCUT2D eigenvalue weighted by molar-refractivity contribution is 0.332. The third-order valence-corrected chi connectivity index (χ3v) is 20.7. The fourth-order valence-corrected chi connectivity index (χ4v) is 16.0. The van der Waals surface area contributed by atoms with Gasteiger partial charge in [-0.05, 0) is 168 Å². The van der Waals surface area contributed by atoms with E-state index in [1.165, 1.54) is 104 Å². The van der Waals surface area contributed by atoms with E-state index in [0.29, 0.717) is 0 Å². The fourth-order valence-electron chi connectivity index (χ4n) is 12.6. The second-order valence-electron chi connectivity index (χ2n) is 25.9. The Hall–Kier alpha value is -4.06. The van der Waals surface area contributed by atoms with Gasteiger partial charge >= 0.3 is 0 Å². The molecular weight excluding hydrogens is 804 g/mol. The predicted molar refractivity (Wildman–Crippen MR) is 287 cm³/mol. The monoisotopic (exact) mass is 879 g/mol. The maximum atomic E-state index is 2.85. The number of hydrogen-bond acceptors (Lipinski definition) is 2. The molecule has 3 heterocycles. The minimum atomic E-state index is -1.28. The van der Waals surface area contributed by atoms with E-state index >= 15 is 0 Å². The van der Waals surface area contributed by atoms with Crippen LogP contribution in [0.1, 0.15) is 167 Å². The Morgan fingerprint density at radius 2 is 1.08 bits per heavy atom. The van der Waals surface area contributed by atoms with E-state index in [2.05, 4.69) is 206 Å². The Balaban J connectivity index is 1.35. The summed E-state index contributed by atoms with van der Waals surface area (Å²) in [6, 6.07) is 33.4. The summed E-state index contributed by atoms with van der Waals surface area (Å²) in [5.41, 5.74) is 23.9. The van der Waals surface area contributed by atoms with E-state index in [1.807, 2.05) is 0 Å². The number of nitrogens with zero attached hydrogens (tertiary/aromatic N) is 2. The molecule has 0 radical (unpaired) electrons. The van der Waals surface area contributed by atoms with E-state index < -0.39 is 18.3 Å². The summed E-state index contributed by atoms with van der Waals surface area (Å²) >= 11 is 0. The van der Waals surface area contributed by atoms with Crippen LogP contribution in [0.15, 0.2) is 84.2 Å². The molecular formula is C59H75BN2Si2. The van der Waals surface area contributed by atoms with Gasteiger partial charge in [-0.15, -0.1) is 0 Å². The van der Waals surface area contributed by atoms with E-state index in [1.54, 1.807) is 26.7 Å². The van der Waals surface area contributed by atoms with Gasteiger partial charge in [-0.25, -0.2) is 0 Å². The average molecular weight is 879 g/mol. The minimum absolute atomic E-state index is 0.0539. The molecule has 0 amide bonds. The molecule has 2 nitrogen and oxygen atoms in total. The van der Waals surface area contributed by atoms with Crippen LogP contribution in [0, 0.1) is 6.92 Å². The third-order valence-electron chi connectivity index (χ3n) is 16.9. The molecule has 0 unspecified atom stereocenters. The highest BCUT2D eigenvalue weighted by atomic mass is 28.3. The van der Waals surface area contributed by atoms with Crippen molar-refractivity contribution < 1.29 is 0 Å². The standard InChI is InChI=1S/C59H75BN2Si2/c1-35-28-47-52-48(29-35)62(45-22-18-37(55(5,6)7)31-50(45)64(16)17)53-51(39-30-36(54(2,3)4)19-23-49(39)63-53)60(52)44-33-42-43(59(14,15)27-26-58(42,12)13)34-46(44)61(47)38-20-21-40-41(32-38)57(10,11)25-24-56(40,8)9/h18-23,28-34,64H,24-27,63H2,1-17H3. The van der Waals surface area contributed by atoms with E-state index in [0.717, 1.165) is 0 Å². The first kappa shape index (κ1) is 43.8. The Kier molecular flexibility index (Phi) is 9.57. The van der Waals surface area contributed by atoms with Gasteiger partial charge in [0.2, 0.25) is 0 Å². The number of hydrogen-bond donors (Lipinski definition) is 0. The summed E-state index contributed by atoms with van der Waals surface area (Å²) in [5.74, 6) is 0. The molecule has 64 heavy (non-hydrogen) atoms. The number of anilines is 5. The lowest BCUT2D eigenvalue weighted by Gasteiger charge is -2.48. The van der Waals surface area contributed by atoms with Crippen molar-refractivity contribution in [3.63, 3.8) is 0 Å². The summed E-state index contributed by atoms with van der Waals surface area (Å²) in [5, 5.41) is 4.80. The van der Waals surface area contributed by atoms with Crippen LogP contribution in [0.2, 0.25) is 13.1 Å². The molecule has 5 aromatic carbocycles. The second kappa shape index (κ2) is 14.0. The molecule has 0 N–H and O–H groups in total. The van der Waals surface area contributed by atoms with Crippen LogP contribution in [0.4, 0.5) is 28.4 Å². The van der Waals surface area contributed by atoms with Gasteiger partial charge in [-0.2, -0.15) is 0 Å². The van der Waals surface area contributed by atoms with Gasteiger partial charge < -0.3 is 9.80 Å². The van der Waals surface area contributed by atoms with Gasteiger partial charge in [-0.1, -0.05) is 158 Å². The van der Waals surface area contributed by atoms with Crippen LogP contribution >= 0.6 is 0 Å². The van der Waals surface area contributed by atoms with Gasteiger partial charge in [0.1, 0.15) is 9.52 Å². The van der Waals surface area contributed by atoms with Crippen LogP contribution in [-0.2, 0) is 32.5 Å². The van der Waals surface area contributed by atoms with Gasteiger partial charge in [0.05, 0.1) is 8.80 Å². The first-order chi connectivity index (χ1) is 29.7. The average Bonchev–Trinajstić information content (AvgIpc) is 3.58. The largest absolute Gasteiger partial charge is 0.320 e. The molecule has 5 aromatic rings. The van der Waals surface area contributed by atoms with Crippen molar-refractivity contribution in [2.75, 3.05) is 9.80 Å². The summed E-state index contributed by atoms with van der Waals surface area (Å²) in [7, 11) is -2.14. The first-order valence-corrected chi connectivity index (χ1v) is 29.1. The van der Waals surface area contributed by atoms with Gasteiger partial charge in [0.15, 0.2) is 0 Å². The molecule has 0 spiro atoms. The predicted octanol–water partition coefficient (Wildman–Crippen LogP) is 12.2. The maximum absolute atomic E-state index is 2.85.